The summed E-state index contributed by atoms with van der Waals surface area (Å²) in [6.07, 6.45) is 1.03. The molecule has 0 saturated carbocycles. The normalized spacial score (nSPS) is 14.6. The molecule has 2 rings (SSSR count). The lowest BCUT2D eigenvalue weighted by Crippen LogP contribution is -2.20. The van der Waals surface area contributed by atoms with Crippen molar-refractivity contribution in [2.45, 2.75) is 27.2 Å². The lowest BCUT2D eigenvalue weighted by Gasteiger charge is -2.17. The van der Waals surface area contributed by atoms with Crippen molar-refractivity contribution in [3.63, 3.8) is 0 Å². The highest BCUT2D eigenvalue weighted by molar-refractivity contribution is 6.00. The van der Waals surface area contributed by atoms with E-state index < -0.39 is 0 Å². The highest BCUT2D eigenvalue weighted by Crippen LogP contribution is 2.27. The Labute approximate surface area is 90.7 Å². The number of Topliss-reactive ketones (excluding diaryl/α,β-unsaturated/α-hetero) is 1. The van der Waals surface area contributed by atoms with Gasteiger partial charge in [0.05, 0.1) is 0 Å². The van der Waals surface area contributed by atoms with Crippen LogP contribution < -0.4 is 5.32 Å². The van der Waals surface area contributed by atoms with Crippen LogP contribution in [0.3, 0.4) is 0 Å². The Morgan fingerprint density at radius 1 is 1.33 bits per heavy atom. The number of hydrogen-bond donors (Lipinski definition) is 1. The van der Waals surface area contributed by atoms with E-state index in [9.17, 15) is 4.79 Å². The maximum Gasteiger partial charge on any atom is 0.168 e. The topological polar surface area (TPSA) is 29.1 Å². The highest BCUT2D eigenvalue weighted by atomic mass is 16.1. The summed E-state index contributed by atoms with van der Waals surface area (Å²) in [5, 5.41) is 3.29. The third-order valence-electron chi connectivity index (χ3n) is 2.76. The van der Waals surface area contributed by atoms with Crippen molar-refractivity contribution in [2.75, 3.05) is 11.9 Å². The molecule has 0 unspecified atom stereocenters. The molecule has 0 aromatic heterocycles. The first-order chi connectivity index (χ1) is 6.98. The number of nitrogens with one attached hydrogen (secondary N) is 1. The van der Waals surface area contributed by atoms with E-state index in [1.807, 2.05) is 39.0 Å². The van der Waals surface area contributed by atoms with Crippen LogP contribution in [0.4, 0.5) is 5.69 Å². The second kappa shape index (κ2) is 3.37. The smallest absolute Gasteiger partial charge is 0.168 e. The molecule has 0 radical (unpaired) electrons. The van der Waals surface area contributed by atoms with Crippen LogP contribution in [0.15, 0.2) is 18.2 Å². The molecule has 1 aliphatic heterocycles. The largest absolute Gasteiger partial charge is 0.384 e. The second-order valence-electron chi connectivity index (χ2n) is 5.13. The maximum absolute atomic E-state index is 12.0. The van der Waals surface area contributed by atoms with Crippen LogP contribution in [0.25, 0.3) is 0 Å². The van der Waals surface area contributed by atoms with Gasteiger partial charge in [0.2, 0.25) is 0 Å². The van der Waals surface area contributed by atoms with Crippen molar-refractivity contribution < 1.29 is 4.79 Å². The van der Waals surface area contributed by atoms with Crippen molar-refractivity contribution in [1.82, 2.24) is 0 Å². The quantitative estimate of drug-likeness (QED) is 0.711. The van der Waals surface area contributed by atoms with Crippen LogP contribution in [-0.4, -0.2) is 12.3 Å². The molecule has 0 amide bonds. The number of rotatable bonds is 1. The highest BCUT2D eigenvalue weighted by Gasteiger charge is 2.23. The van der Waals surface area contributed by atoms with Crippen molar-refractivity contribution in [3.05, 3.63) is 29.3 Å². The number of hydrogen-bond acceptors (Lipinski definition) is 2. The van der Waals surface area contributed by atoms with Crippen LogP contribution in [0, 0.1) is 5.41 Å². The summed E-state index contributed by atoms with van der Waals surface area (Å²) >= 11 is 0. The van der Waals surface area contributed by atoms with E-state index in [1.54, 1.807) is 0 Å². The van der Waals surface area contributed by atoms with Gasteiger partial charge in [0.25, 0.3) is 0 Å². The molecule has 1 aromatic rings. The van der Waals surface area contributed by atoms with Crippen LogP contribution in [0.2, 0.25) is 0 Å². The Bertz CT molecular complexity index is 401. The molecule has 0 bridgehead atoms. The fourth-order valence-corrected chi connectivity index (χ4v) is 1.88. The predicted octanol–water partition coefficient (Wildman–Crippen LogP) is 2.88. The fourth-order valence-electron chi connectivity index (χ4n) is 1.88. The lowest BCUT2D eigenvalue weighted by molar-refractivity contribution is 0.0858. The SMILES string of the molecule is CC(C)(C)C(=O)c1ccc2c(c1)CCN2. The Kier molecular flexibility index (Phi) is 2.29. The summed E-state index contributed by atoms with van der Waals surface area (Å²) < 4.78 is 0. The van der Waals surface area contributed by atoms with Gasteiger partial charge < -0.3 is 5.32 Å². The minimum atomic E-state index is -0.291. The van der Waals surface area contributed by atoms with Gasteiger partial charge in [-0.3, -0.25) is 4.79 Å². The van der Waals surface area contributed by atoms with Crippen LogP contribution in [0.5, 0.6) is 0 Å². The lowest BCUT2D eigenvalue weighted by atomic mass is 9.86. The van der Waals surface area contributed by atoms with Gasteiger partial charge in [-0.15, -0.1) is 0 Å². The summed E-state index contributed by atoms with van der Waals surface area (Å²) in [6.45, 7) is 6.87. The number of carbonyl (C=O) groups is 1. The molecule has 1 aliphatic rings. The van der Waals surface area contributed by atoms with E-state index >= 15 is 0 Å². The zero-order valence-corrected chi connectivity index (χ0v) is 9.55. The van der Waals surface area contributed by atoms with Gasteiger partial charge in [0.15, 0.2) is 5.78 Å². The molecule has 15 heavy (non-hydrogen) atoms. The molecule has 0 atom stereocenters. The standard InChI is InChI=1S/C13H17NO/c1-13(2,3)12(15)10-4-5-11-9(8-10)6-7-14-11/h4-5,8,14H,6-7H2,1-3H3. The minimum Gasteiger partial charge on any atom is -0.384 e. The van der Waals surface area contributed by atoms with Crippen molar-refractivity contribution in [1.29, 1.82) is 0 Å². The molecule has 0 saturated heterocycles. The zero-order chi connectivity index (χ0) is 11.1. The maximum atomic E-state index is 12.0. The Balaban J connectivity index is 2.35. The first-order valence-electron chi connectivity index (χ1n) is 5.40. The first-order valence-corrected chi connectivity index (χ1v) is 5.40. The molecular weight excluding hydrogens is 186 g/mol. The van der Waals surface area contributed by atoms with E-state index in [1.165, 1.54) is 11.3 Å². The number of benzene rings is 1. The summed E-state index contributed by atoms with van der Waals surface area (Å²) in [4.78, 5) is 12.0. The number of carbonyl (C=O) groups excluding carboxylic acids is 1. The molecule has 1 aromatic carbocycles. The van der Waals surface area contributed by atoms with Gasteiger partial charge in [-0.1, -0.05) is 20.8 Å². The predicted molar refractivity (Wildman–Crippen MR) is 62.4 cm³/mol. The molecule has 0 fully saturated rings. The van der Waals surface area contributed by atoms with Crippen molar-refractivity contribution in [2.24, 2.45) is 5.41 Å². The number of anilines is 1. The average Bonchev–Trinajstić information content (AvgIpc) is 2.61. The number of fused-ring (bicyclic) bond motifs is 1. The molecule has 1 N–H and O–H groups in total. The van der Waals surface area contributed by atoms with Gasteiger partial charge >= 0.3 is 0 Å². The first kappa shape index (κ1) is 10.2. The van der Waals surface area contributed by atoms with Gasteiger partial charge in [-0.2, -0.15) is 0 Å². The second-order valence-corrected chi connectivity index (χ2v) is 5.13. The molecule has 2 heteroatoms. The molecule has 0 spiro atoms. The van der Waals surface area contributed by atoms with E-state index in [-0.39, 0.29) is 11.2 Å². The average molecular weight is 203 g/mol. The third kappa shape index (κ3) is 1.89. The molecule has 0 aliphatic carbocycles. The Morgan fingerprint density at radius 2 is 2.07 bits per heavy atom. The zero-order valence-electron chi connectivity index (χ0n) is 9.55. The summed E-state index contributed by atoms with van der Waals surface area (Å²) in [6, 6.07) is 5.97. The van der Waals surface area contributed by atoms with Crippen molar-refractivity contribution in [3.8, 4) is 0 Å². The molecule has 1 heterocycles. The van der Waals surface area contributed by atoms with Gasteiger partial charge in [0.1, 0.15) is 0 Å². The summed E-state index contributed by atoms with van der Waals surface area (Å²) in [5.41, 5.74) is 3.00. The van der Waals surface area contributed by atoms with Gasteiger partial charge in [-0.25, -0.2) is 0 Å². The van der Waals surface area contributed by atoms with E-state index in [2.05, 4.69) is 5.32 Å². The Hall–Kier alpha value is -1.31. The number of ketones is 1. The fraction of sp³-hybridized carbons (Fsp3) is 0.462. The van der Waals surface area contributed by atoms with Gasteiger partial charge in [-0.05, 0) is 30.2 Å². The van der Waals surface area contributed by atoms with Gasteiger partial charge in [0, 0.05) is 23.2 Å². The van der Waals surface area contributed by atoms with E-state index in [0.717, 1.165) is 18.5 Å². The monoisotopic (exact) mass is 203 g/mol. The molecule has 2 nitrogen and oxygen atoms in total. The Morgan fingerprint density at radius 3 is 2.73 bits per heavy atom. The van der Waals surface area contributed by atoms with Crippen LogP contribution >= 0.6 is 0 Å². The molecule has 80 valence electrons. The molecular formula is C13H17NO. The third-order valence-corrected chi connectivity index (χ3v) is 2.76. The minimum absolute atomic E-state index is 0.220. The summed E-state index contributed by atoms with van der Waals surface area (Å²) in [7, 11) is 0. The van der Waals surface area contributed by atoms with Crippen LogP contribution in [0.1, 0.15) is 36.7 Å². The summed E-state index contributed by atoms with van der Waals surface area (Å²) in [5.74, 6) is 0.220. The van der Waals surface area contributed by atoms with Crippen LogP contribution in [-0.2, 0) is 6.42 Å². The van der Waals surface area contributed by atoms with E-state index in [4.69, 9.17) is 0 Å². The van der Waals surface area contributed by atoms with Crippen molar-refractivity contribution >= 4 is 11.5 Å². The van der Waals surface area contributed by atoms with E-state index in [0.29, 0.717) is 0 Å².